The molecule has 5 aromatic rings. The Morgan fingerprint density at radius 1 is 0.969 bits per heavy atom. The largest absolute Gasteiger partial charge is 0.452 e. The van der Waals surface area contributed by atoms with Crippen LogP contribution < -0.4 is 11.0 Å². The van der Waals surface area contributed by atoms with Crippen LogP contribution in [0.1, 0.15) is 10.4 Å². The van der Waals surface area contributed by atoms with Crippen LogP contribution in [0.2, 0.25) is 0 Å². The molecular weight excluding hydrogens is 428 g/mol. The summed E-state index contributed by atoms with van der Waals surface area (Å²) in [7, 11) is 0. The highest BCUT2D eigenvalue weighted by molar-refractivity contribution is 7.21. The third kappa shape index (κ3) is 3.88. The Kier molecular flexibility index (Phi) is 5.00. The molecule has 0 bridgehead atoms. The second-order valence-electron chi connectivity index (χ2n) is 7.00. The van der Waals surface area contributed by atoms with E-state index in [1.165, 1.54) is 11.3 Å². The Labute approximate surface area is 184 Å². The van der Waals surface area contributed by atoms with Crippen LogP contribution in [0.3, 0.4) is 0 Å². The van der Waals surface area contributed by atoms with Gasteiger partial charge in [0.25, 0.3) is 5.91 Å². The SMILES string of the molecule is O=C(COC(=O)c1ccccc1-c1nc2ccccc2s1)Nc1ccc2[nH]c(=O)[nH]c2c1. The standard InChI is InChI=1S/C23H16N4O4S/c28-20(24-13-9-10-16-18(11-13)27-23(30)26-16)12-31-22(29)15-6-2-1-5-14(15)21-25-17-7-3-4-8-19(17)32-21/h1-11H,12H2,(H,24,28)(H2,26,27,30). The van der Waals surface area contributed by atoms with Gasteiger partial charge in [-0.2, -0.15) is 0 Å². The van der Waals surface area contributed by atoms with Gasteiger partial charge < -0.3 is 20.0 Å². The van der Waals surface area contributed by atoms with Gasteiger partial charge in [0.1, 0.15) is 5.01 Å². The fourth-order valence-electron chi connectivity index (χ4n) is 3.35. The summed E-state index contributed by atoms with van der Waals surface area (Å²) >= 11 is 1.48. The van der Waals surface area contributed by atoms with E-state index in [0.29, 0.717) is 32.9 Å². The van der Waals surface area contributed by atoms with Crippen molar-refractivity contribution in [2.75, 3.05) is 11.9 Å². The number of imidazole rings is 1. The zero-order chi connectivity index (χ0) is 22.1. The molecule has 0 radical (unpaired) electrons. The summed E-state index contributed by atoms with van der Waals surface area (Å²) in [6.07, 6.45) is 0. The maximum absolute atomic E-state index is 12.7. The van der Waals surface area contributed by atoms with E-state index in [-0.39, 0.29) is 5.69 Å². The zero-order valence-electron chi connectivity index (χ0n) is 16.5. The average Bonchev–Trinajstić information content (AvgIpc) is 3.39. The third-order valence-electron chi connectivity index (χ3n) is 4.81. The molecule has 0 aliphatic rings. The van der Waals surface area contributed by atoms with Crippen molar-refractivity contribution >= 4 is 50.2 Å². The number of nitrogens with one attached hydrogen (secondary N) is 3. The molecule has 0 atom stereocenters. The summed E-state index contributed by atoms with van der Waals surface area (Å²) in [5.74, 6) is -1.10. The molecule has 0 aliphatic heterocycles. The van der Waals surface area contributed by atoms with Gasteiger partial charge in [-0.25, -0.2) is 14.6 Å². The molecule has 2 aromatic heterocycles. The maximum atomic E-state index is 12.7. The number of H-pyrrole nitrogens is 2. The van der Waals surface area contributed by atoms with Crippen LogP contribution in [0.15, 0.2) is 71.5 Å². The molecule has 0 saturated heterocycles. The van der Waals surface area contributed by atoms with Crippen molar-refractivity contribution in [2.45, 2.75) is 0 Å². The number of fused-ring (bicyclic) bond motifs is 2. The Morgan fingerprint density at radius 3 is 2.62 bits per heavy atom. The van der Waals surface area contributed by atoms with Crippen molar-refractivity contribution in [3.05, 3.63) is 82.8 Å². The van der Waals surface area contributed by atoms with Crippen LogP contribution >= 0.6 is 11.3 Å². The number of carbonyl (C=O) groups excluding carboxylic acids is 2. The number of para-hydroxylation sites is 1. The van der Waals surface area contributed by atoms with Crippen molar-refractivity contribution in [1.29, 1.82) is 0 Å². The van der Waals surface area contributed by atoms with Crippen molar-refractivity contribution in [3.63, 3.8) is 0 Å². The van der Waals surface area contributed by atoms with Gasteiger partial charge in [0, 0.05) is 11.3 Å². The Hall–Kier alpha value is -4.24. The first-order valence-corrected chi connectivity index (χ1v) is 10.5. The van der Waals surface area contributed by atoms with E-state index in [1.807, 2.05) is 30.3 Å². The fourth-order valence-corrected chi connectivity index (χ4v) is 4.36. The topological polar surface area (TPSA) is 117 Å². The molecule has 9 heteroatoms. The van der Waals surface area contributed by atoms with Gasteiger partial charge in [0.15, 0.2) is 6.61 Å². The van der Waals surface area contributed by atoms with Crippen molar-refractivity contribution in [3.8, 4) is 10.6 Å². The van der Waals surface area contributed by atoms with Gasteiger partial charge in [-0.3, -0.25) is 4.79 Å². The van der Waals surface area contributed by atoms with Gasteiger partial charge >= 0.3 is 11.7 Å². The lowest BCUT2D eigenvalue weighted by Gasteiger charge is -2.09. The highest BCUT2D eigenvalue weighted by Crippen LogP contribution is 2.32. The fraction of sp³-hybridized carbons (Fsp3) is 0.0435. The number of aromatic amines is 2. The molecule has 3 aromatic carbocycles. The van der Waals surface area contributed by atoms with E-state index in [1.54, 1.807) is 36.4 Å². The number of anilines is 1. The Morgan fingerprint density at radius 2 is 1.75 bits per heavy atom. The lowest BCUT2D eigenvalue weighted by Crippen LogP contribution is -2.21. The molecule has 1 amide bonds. The monoisotopic (exact) mass is 444 g/mol. The second kappa shape index (κ2) is 8.12. The Bertz CT molecular complexity index is 1500. The summed E-state index contributed by atoms with van der Waals surface area (Å²) in [5.41, 5.74) is 3.19. The van der Waals surface area contributed by atoms with Gasteiger partial charge in [0.2, 0.25) is 0 Å². The predicted octanol–water partition coefficient (Wildman–Crippen LogP) is 3.93. The zero-order valence-corrected chi connectivity index (χ0v) is 17.4. The first kappa shape index (κ1) is 19.7. The summed E-state index contributed by atoms with van der Waals surface area (Å²) < 4.78 is 6.27. The molecule has 32 heavy (non-hydrogen) atoms. The summed E-state index contributed by atoms with van der Waals surface area (Å²) in [6.45, 7) is -0.450. The number of aromatic nitrogens is 3. The van der Waals surface area contributed by atoms with Gasteiger partial charge in [-0.05, 0) is 36.4 Å². The quantitative estimate of drug-likeness (QED) is 0.355. The molecular formula is C23H16N4O4S. The van der Waals surface area contributed by atoms with Gasteiger partial charge in [-0.15, -0.1) is 11.3 Å². The number of rotatable bonds is 5. The highest BCUT2D eigenvalue weighted by Gasteiger charge is 2.18. The molecule has 8 nitrogen and oxygen atoms in total. The number of ether oxygens (including phenoxy) is 1. The molecule has 0 unspecified atom stereocenters. The highest BCUT2D eigenvalue weighted by atomic mass is 32.1. The Balaban J connectivity index is 1.29. The summed E-state index contributed by atoms with van der Waals surface area (Å²) in [5, 5.41) is 3.36. The van der Waals surface area contributed by atoms with E-state index in [2.05, 4.69) is 20.3 Å². The van der Waals surface area contributed by atoms with E-state index in [4.69, 9.17) is 4.74 Å². The van der Waals surface area contributed by atoms with Crippen molar-refractivity contribution < 1.29 is 14.3 Å². The van der Waals surface area contributed by atoms with Crippen molar-refractivity contribution in [2.24, 2.45) is 0 Å². The second-order valence-corrected chi connectivity index (χ2v) is 8.03. The van der Waals surface area contributed by atoms with E-state index in [9.17, 15) is 14.4 Å². The van der Waals surface area contributed by atoms with Crippen molar-refractivity contribution in [1.82, 2.24) is 15.0 Å². The molecule has 5 rings (SSSR count). The van der Waals surface area contributed by atoms with Crippen LogP contribution in [-0.4, -0.2) is 33.4 Å². The van der Waals surface area contributed by atoms with Gasteiger partial charge in [0.05, 0.1) is 26.8 Å². The maximum Gasteiger partial charge on any atom is 0.339 e. The van der Waals surface area contributed by atoms with Gasteiger partial charge in [-0.1, -0.05) is 30.3 Å². The molecule has 0 spiro atoms. The number of nitrogens with zero attached hydrogens (tertiary/aromatic N) is 1. The van der Waals surface area contributed by atoms with Crippen LogP contribution in [-0.2, 0) is 9.53 Å². The number of thiazole rings is 1. The smallest absolute Gasteiger partial charge is 0.339 e. The van der Waals surface area contributed by atoms with E-state index < -0.39 is 18.5 Å². The van der Waals surface area contributed by atoms with Crippen LogP contribution in [0.5, 0.6) is 0 Å². The summed E-state index contributed by atoms with van der Waals surface area (Å²) in [6, 6.07) is 19.7. The van der Waals surface area contributed by atoms with E-state index in [0.717, 1.165) is 10.2 Å². The first-order chi connectivity index (χ1) is 15.6. The van der Waals surface area contributed by atoms with Crippen LogP contribution in [0.4, 0.5) is 5.69 Å². The van der Waals surface area contributed by atoms with E-state index >= 15 is 0 Å². The average molecular weight is 444 g/mol. The molecule has 3 N–H and O–H groups in total. The molecule has 0 saturated carbocycles. The number of esters is 1. The number of amides is 1. The molecule has 2 heterocycles. The third-order valence-corrected chi connectivity index (χ3v) is 5.88. The minimum atomic E-state index is -0.611. The number of hydrogen-bond acceptors (Lipinski definition) is 6. The number of hydrogen-bond donors (Lipinski definition) is 3. The van der Waals surface area contributed by atoms with Crippen LogP contribution in [0.25, 0.3) is 31.8 Å². The predicted molar refractivity (Wildman–Crippen MR) is 123 cm³/mol. The molecule has 0 fully saturated rings. The molecule has 0 aliphatic carbocycles. The first-order valence-electron chi connectivity index (χ1n) is 9.71. The number of carbonyl (C=O) groups is 2. The van der Waals surface area contributed by atoms with Crippen LogP contribution in [0, 0.1) is 0 Å². The normalized spacial score (nSPS) is 11.0. The lowest BCUT2D eigenvalue weighted by molar-refractivity contribution is -0.119. The minimum Gasteiger partial charge on any atom is -0.452 e. The summed E-state index contributed by atoms with van der Waals surface area (Å²) in [4.78, 5) is 46.2. The minimum absolute atomic E-state index is 0.329. The molecule has 158 valence electrons. The lowest BCUT2D eigenvalue weighted by atomic mass is 10.1. The number of benzene rings is 3.